The van der Waals surface area contributed by atoms with Crippen LogP contribution in [0, 0.1) is 6.92 Å². The first-order valence-corrected chi connectivity index (χ1v) is 11.3. The molecule has 0 aromatic heterocycles. The van der Waals surface area contributed by atoms with Crippen molar-refractivity contribution >= 4 is 15.7 Å². The van der Waals surface area contributed by atoms with E-state index in [1.54, 1.807) is 16.4 Å². The van der Waals surface area contributed by atoms with E-state index in [0.717, 1.165) is 30.8 Å². The molecule has 1 fully saturated rings. The maximum Gasteiger partial charge on any atom is 0.264 e. The number of piperidine rings is 1. The van der Waals surface area contributed by atoms with Crippen LogP contribution in [-0.2, 0) is 10.0 Å². The molecule has 1 saturated heterocycles. The minimum absolute atomic E-state index is 0.0280. The summed E-state index contributed by atoms with van der Waals surface area (Å²) in [5, 5.41) is 0. The number of anilines is 1. The van der Waals surface area contributed by atoms with Crippen LogP contribution in [-0.4, -0.2) is 34.6 Å². The summed E-state index contributed by atoms with van der Waals surface area (Å²) < 4.78 is 29.0. The van der Waals surface area contributed by atoms with E-state index in [1.807, 2.05) is 24.3 Å². The number of sulfonamides is 1. The Morgan fingerprint density at radius 3 is 2.48 bits per heavy atom. The van der Waals surface area contributed by atoms with E-state index in [1.165, 1.54) is 16.0 Å². The molecule has 2 aliphatic heterocycles. The number of quaternary nitrogens is 1. The summed E-state index contributed by atoms with van der Waals surface area (Å²) in [7, 11) is -1.37. The molecule has 0 spiro atoms. The van der Waals surface area contributed by atoms with Crippen molar-refractivity contribution in [3.8, 4) is 0 Å². The molecule has 0 radical (unpaired) electrons. The average Bonchev–Trinajstić information content (AvgIpc) is 2.95. The zero-order valence-electron chi connectivity index (χ0n) is 16.6. The number of nitrogens with zero attached hydrogens (tertiary/aromatic N) is 1. The van der Waals surface area contributed by atoms with Gasteiger partial charge in [0.05, 0.1) is 42.7 Å². The molecular formula is C22H29N2O2S+. The van der Waals surface area contributed by atoms with Crippen molar-refractivity contribution in [1.82, 2.24) is 0 Å². The minimum Gasteiger partial charge on any atom is -0.337 e. The highest BCUT2D eigenvalue weighted by Crippen LogP contribution is 2.45. The Kier molecular flexibility index (Phi) is 4.55. The molecule has 3 atom stereocenters. The molecule has 1 unspecified atom stereocenters. The van der Waals surface area contributed by atoms with Crippen molar-refractivity contribution in [2.45, 2.75) is 50.0 Å². The fourth-order valence-electron chi connectivity index (χ4n) is 4.60. The first-order valence-electron chi connectivity index (χ1n) is 9.85. The van der Waals surface area contributed by atoms with Crippen LogP contribution in [0.15, 0.2) is 47.4 Å². The first-order chi connectivity index (χ1) is 12.8. The predicted molar refractivity (Wildman–Crippen MR) is 109 cm³/mol. The van der Waals surface area contributed by atoms with E-state index < -0.39 is 10.0 Å². The smallest absolute Gasteiger partial charge is 0.264 e. The molecule has 2 aromatic carbocycles. The molecule has 1 N–H and O–H groups in total. The second-order valence-corrected chi connectivity index (χ2v) is 10.3. The molecule has 5 heteroatoms. The molecule has 2 aliphatic rings. The maximum absolute atomic E-state index is 13.6. The summed E-state index contributed by atoms with van der Waals surface area (Å²) in [5.74, 6) is 0.664. The van der Waals surface area contributed by atoms with Crippen LogP contribution >= 0.6 is 0 Å². The Balaban J connectivity index is 1.80. The lowest BCUT2D eigenvalue weighted by Crippen LogP contribution is -3.11. The topological polar surface area (TPSA) is 41.8 Å². The van der Waals surface area contributed by atoms with Crippen molar-refractivity contribution in [3.63, 3.8) is 0 Å². The Morgan fingerprint density at radius 1 is 1.11 bits per heavy atom. The van der Waals surface area contributed by atoms with Gasteiger partial charge in [0.2, 0.25) is 0 Å². The number of aryl methyl sites for hydroxylation is 1. The Morgan fingerprint density at radius 2 is 1.81 bits per heavy atom. The Bertz CT molecular complexity index is 951. The lowest BCUT2D eigenvalue weighted by molar-refractivity contribution is -0.886. The second-order valence-electron chi connectivity index (χ2n) is 8.46. The number of rotatable bonds is 3. The third-order valence-corrected chi connectivity index (χ3v) is 7.98. The van der Waals surface area contributed by atoms with E-state index in [0.29, 0.717) is 10.8 Å². The summed E-state index contributed by atoms with van der Waals surface area (Å²) in [4.78, 5) is 1.87. The molecule has 4 nitrogen and oxygen atoms in total. The highest BCUT2D eigenvalue weighted by molar-refractivity contribution is 7.92. The van der Waals surface area contributed by atoms with E-state index in [4.69, 9.17) is 0 Å². The average molecular weight is 386 g/mol. The predicted octanol–water partition coefficient (Wildman–Crippen LogP) is 2.70. The fourth-order valence-corrected chi connectivity index (χ4v) is 6.34. The highest BCUT2D eigenvalue weighted by atomic mass is 32.2. The normalized spacial score (nSPS) is 24.8. The number of fused-ring (bicyclic) bond motifs is 3. The summed E-state index contributed by atoms with van der Waals surface area (Å²) in [6.45, 7) is 8.31. The maximum atomic E-state index is 13.6. The molecule has 27 heavy (non-hydrogen) atoms. The fraction of sp³-hybridized carbons (Fsp3) is 0.455. The zero-order chi connectivity index (χ0) is 19.3. The van der Waals surface area contributed by atoms with Gasteiger partial charge in [-0.15, -0.1) is 0 Å². The van der Waals surface area contributed by atoms with Gasteiger partial charge in [-0.25, -0.2) is 8.42 Å². The molecule has 0 saturated carbocycles. The SMILES string of the molecule is Cc1ccc2c(c1)[C@H]1C[NH+](C)CC[C@@H]1N2S(=O)(=O)c1ccc(C(C)C)cc1. The van der Waals surface area contributed by atoms with Crippen LogP contribution in [0.4, 0.5) is 5.69 Å². The van der Waals surface area contributed by atoms with Crippen LogP contribution in [0.5, 0.6) is 0 Å². The van der Waals surface area contributed by atoms with Crippen molar-refractivity contribution in [3.05, 3.63) is 59.2 Å². The zero-order valence-corrected chi connectivity index (χ0v) is 17.4. The molecule has 4 rings (SSSR count). The Labute approximate surface area is 162 Å². The van der Waals surface area contributed by atoms with Gasteiger partial charge in [-0.2, -0.15) is 0 Å². The van der Waals surface area contributed by atoms with Gasteiger partial charge in [0.1, 0.15) is 0 Å². The van der Waals surface area contributed by atoms with Crippen molar-refractivity contribution in [2.75, 3.05) is 24.4 Å². The summed E-state index contributed by atoms with van der Waals surface area (Å²) in [6, 6.07) is 13.7. The van der Waals surface area contributed by atoms with Crippen molar-refractivity contribution in [1.29, 1.82) is 0 Å². The lowest BCUT2D eigenvalue weighted by Gasteiger charge is -2.34. The van der Waals surface area contributed by atoms with Gasteiger partial charge in [0.25, 0.3) is 10.0 Å². The number of benzene rings is 2. The van der Waals surface area contributed by atoms with Crippen molar-refractivity contribution < 1.29 is 13.3 Å². The van der Waals surface area contributed by atoms with E-state index in [2.05, 4.69) is 33.9 Å². The number of hydrogen-bond donors (Lipinski definition) is 1. The first kappa shape index (κ1) is 18.5. The molecule has 144 valence electrons. The van der Waals surface area contributed by atoms with Crippen LogP contribution in [0.25, 0.3) is 0 Å². The van der Waals surface area contributed by atoms with Gasteiger partial charge in [0.15, 0.2) is 0 Å². The number of likely N-dealkylation sites (tertiary alicyclic amines) is 1. The number of likely N-dealkylation sites (N-methyl/N-ethyl adjacent to an activating group) is 1. The van der Waals surface area contributed by atoms with Gasteiger partial charge in [0, 0.05) is 6.42 Å². The number of nitrogens with one attached hydrogen (secondary N) is 1. The van der Waals surface area contributed by atoms with Gasteiger partial charge in [-0.05, 0) is 42.2 Å². The summed E-state index contributed by atoms with van der Waals surface area (Å²) in [6.07, 6.45) is 0.896. The molecular weight excluding hydrogens is 356 g/mol. The number of hydrogen-bond acceptors (Lipinski definition) is 2. The highest BCUT2D eigenvalue weighted by Gasteiger charge is 2.48. The molecule has 0 amide bonds. The van der Waals surface area contributed by atoms with Crippen LogP contribution in [0.2, 0.25) is 0 Å². The van der Waals surface area contributed by atoms with Crippen LogP contribution in [0.1, 0.15) is 48.8 Å². The molecule has 0 aliphatic carbocycles. The monoisotopic (exact) mass is 385 g/mol. The van der Waals surface area contributed by atoms with Crippen LogP contribution < -0.4 is 9.21 Å². The minimum atomic E-state index is -3.57. The van der Waals surface area contributed by atoms with Crippen molar-refractivity contribution in [2.24, 2.45) is 0 Å². The third-order valence-electron chi connectivity index (χ3n) is 6.12. The summed E-state index contributed by atoms with van der Waals surface area (Å²) in [5.41, 5.74) is 4.42. The Hall–Kier alpha value is -1.85. The van der Waals surface area contributed by atoms with Gasteiger partial charge >= 0.3 is 0 Å². The molecule has 0 bridgehead atoms. The largest absolute Gasteiger partial charge is 0.337 e. The lowest BCUT2D eigenvalue weighted by atomic mass is 9.89. The van der Waals surface area contributed by atoms with E-state index in [9.17, 15) is 8.42 Å². The third kappa shape index (κ3) is 3.07. The molecule has 2 aromatic rings. The standard InChI is InChI=1S/C22H28N2O2S/c1-15(2)17-6-8-18(9-7-17)27(25,26)24-21-10-5-16(3)13-19(21)20-14-23(4)12-11-22(20)24/h5-10,13,15,20,22H,11-12,14H2,1-4H3/p+1/t20-,22+/m1/s1. The quantitative estimate of drug-likeness (QED) is 0.883. The van der Waals surface area contributed by atoms with Gasteiger partial charge in [-0.1, -0.05) is 43.7 Å². The van der Waals surface area contributed by atoms with Crippen LogP contribution in [0.3, 0.4) is 0 Å². The molecule has 2 heterocycles. The van der Waals surface area contributed by atoms with E-state index in [-0.39, 0.29) is 12.0 Å². The van der Waals surface area contributed by atoms with Gasteiger partial charge < -0.3 is 4.90 Å². The van der Waals surface area contributed by atoms with E-state index >= 15 is 0 Å². The summed E-state index contributed by atoms with van der Waals surface area (Å²) >= 11 is 0. The van der Waals surface area contributed by atoms with Gasteiger partial charge in [-0.3, -0.25) is 4.31 Å². The second kappa shape index (κ2) is 6.64.